The third-order valence-electron chi connectivity index (χ3n) is 3.12. The number of fused-ring (bicyclic) bond motifs is 1. The van der Waals surface area contributed by atoms with E-state index in [0.29, 0.717) is 11.3 Å². The van der Waals surface area contributed by atoms with E-state index < -0.39 is 0 Å². The molecule has 0 saturated heterocycles. The summed E-state index contributed by atoms with van der Waals surface area (Å²) in [5.41, 5.74) is 2.87. The first-order chi connectivity index (χ1) is 7.96. The van der Waals surface area contributed by atoms with Gasteiger partial charge in [0.05, 0.1) is 5.52 Å². The Labute approximate surface area is 104 Å². The molecule has 0 amide bonds. The molecular weight excluding hydrogens is 206 g/mol. The van der Waals surface area contributed by atoms with Crippen molar-refractivity contribution in [2.45, 2.75) is 40.0 Å². The van der Waals surface area contributed by atoms with Crippen LogP contribution in [0, 0.1) is 5.41 Å². The quantitative estimate of drug-likeness (QED) is 0.719. The average molecular weight is 227 g/mol. The van der Waals surface area contributed by atoms with E-state index >= 15 is 0 Å². The third-order valence-corrected chi connectivity index (χ3v) is 3.12. The fourth-order valence-corrected chi connectivity index (χ4v) is 2.43. The molecule has 0 aliphatic carbocycles. The first-order valence-electron chi connectivity index (χ1n) is 6.30. The lowest BCUT2D eigenvalue weighted by atomic mass is 9.82. The summed E-state index contributed by atoms with van der Waals surface area (Å²) in [6, 6.07) is 10.7. The van der Waals surface area contributed by atoms with Gasteiger partial charge in [0.25, 0.3) is 0 Å². The van der Waals surface area contributed by atoms with Crippen LogP contribution in [-0.2, 0) is 0 Å². The van der Waals surface area contributed by atoms with Gasteiger partial charge in [0.2, 0.25) is 0 Å². The van der Waals surface area contributed by atoms with Crippen molar-refractivity contribution in [3.63, 3.8) is 0 Å². The molecule has 1 aromatic carbocycles. The molecule has 2 aromatic rings. The van der Waals surface area contributed by atoms with E-state index in [1.54, 1.807) is 0 Å². The molecular formula is C16H21N. The summed E-state index contributed by atoms with van der Waals surface area (Å²) >= 11 is 0. The maximum Gasteiger partial charge on any atom is 0.0704 e. The Morgan fingerprint density at radius 3 is 2.65 bits per heavy atom. The van der Waals surface area contributed by atoms with Gasteiger partial charge < -0.3 is 0 Å². The Balaban J connectivity index is 2.30. The predicted molar refractivity (Wildman–Crippen MR) is 74.2 cm³/mol. The molecule has 1 aromatic heterocycles. The highest BCUT2D eigenvalue weighted by molar-refractivity contribution is 5.78. The summed E-state index contributed by atoms with van der Waals surface area (Å²) in [7, 11) is 0. The molecule has 90 valence electrons. The number of aromatic nitrogens is 1. The van der Waals surface area contributed by atoms with Crippen LogP contribution in [0.25, 0.3) is 10.9 Å². The molecule has 1 atom stereocenters. The lowest BCUT2D eigenvalue weighted by molar-refractivity contribution is 0.349. The van der Waals surface area contributed by atoms with Crippen molar-refractivity contribution >= 4 is 10.9 Å². The van der Waals surface area contributed by atoms with E-state index in [0.717, 1.165) is 5.52 Å². The van der Waals surface area contributed by atoms with Crippen molar-refractivity contribution in [3.8, 4) is 0 Å². The number of rotatable bonds is 2. The second-order valence-corrected chi connectivity index (χ2v) is 6.12. The summed E-state index contributed by atoms with van der Waals surface area (Å²) in [4.78, 5) is 4.42. The third kappa shape index (κ3) is 3.06. The minimum absolute atomic E-state index is 0.374. The maximum atomic E-state index is 4.42. The van der Waals surface area contributed by atoms with Crippen molar-refractivity contribution in [2.24, 2.45) is 5.41 Å². The highest BCUT2D eigenvalue weighted by Gasteiger charge is 2.16. The normalized spacial score (nSPS) is 13.9. The van der Waals surface area contributed by atoms with Gasteiger partial charge in [-0.2, -0.15) is 0 Å². The van der Waals surface area contributed by atoms with Crippen LogP contribution < -0.4 is 0 Å². The molecule has 0 N–H and O–H groups in total. The van der Waals surface area contributed by atoms with Gasteiger partial charge in [-0.05, 0) is 35.4 Å². The topological polar surface area (TPSA) is 12.9 Å². The van der Waals surface area contributed by atoms with Gasteiger partial charge in [-0.1, -0.05) is 45.9 Å². The van der Waals surface area contributed by atoms with Gasteiger partial charge in [0.1, 0.15) is 0 Å². The summed E-state index contributed by atoms with van der Waals surface area (Å²) < 4.78 is 0. The highest BCUT2D eigenvalue weighted by Crippen LogP contribution is 2.31. The maximum absolute atomic E-state index is 4.42. The standard InChI is InChI=1S/C16H21N/c1-12(11-16(2,3)4)14-8-7-13-6-5-9-17-15(13)10-14/h5-10,12H,11H2,1-4H3. The molecule has 17 heavy (non-hydrogen) atoms. The smallest absolute Gasteiger partial charge is 0.0704 e. The molecule has 0 spiro atoms. The monoisotopic (exact) mass is 227 g/mol. The van der Waals surface area contributed by atoms with E-state index in [1.165, 1.54) is 17.4 Å². The van der Waals surface area contributed by atoms with Crippen LogP contribution in [0.4, 0.5) is 0 Å². The second-order valence-electron chi connectivity index (χ2n) is 6.12. The van der Waals surface area contributed by atoms with E-state index in [-0.39, 0.29) is 0 Å². The largest absolute Gasteiger partial charge is 0.256 e. The van der Waals surface area contributed by atoms with Crippen molar-refractivity contribution in [3.05, 3.63) is 42.1 Å². The Morgan fingerprint density at radius 2 is 1.94 bits per heavy atom. The zero-order valence-corrected chi connectivity index (χ0v) is 11.2. The molecule has 1 unspecified atom stereocenters. The minimum Gasteiger partial charge on any atom is -0.256 e. The summed E-state index contributed by atoms with van der Waals surface area (Å²) in [6.45, 7) is 9.18. The van der Waals surface area contributed by atoms with Gasteiger partial charge in [-0.25, -0.2) is 0 Å². The van der Waals surface area contributed by atoms with Crippen LogP contribution in [0.5, 0.6) is 0 Å². The number of hydrogen-bond donors (Lipinski definition) is 0. The first kappa shape index (κ1) is 12.1. The molecule has 0 bridgehead atoms. The van der Waals surface area contributed by atoms with Crippen molar-refractivity contribution in [1.29, 1.82) is 0 Å². The summed E-state index contributed by atoms with van der Waals surface area (Å²) in [6.07, 6.45) is 3.06. The van der Waals surface area contributed by atoms with Crippen LogP contribution in [0.1, 0.15) is 45.6 Å². The van der Waals surface area contributed by atoms with E-state index in [2.05, 4.69) is 56.9 Å². The lowest BCUT2D eigenvalue weighted by Gasteiger charge is -2.23. The Morgan fingerprint density at radius 1 is 1.18 bits per heavy atom. The van der Waals surface area contributed by atoms with Gasteiger partial charge >= 0.3 is 0 Å². The zero-order valence-electron chi connectivity index (χ0n) is 11.2. The number of hydrogen-bond acceptors (Lipinski definition) is 1. The van der Waals surface area contributed by atoms with E-state index in [9.17, 15) is 0 Å². The van der Waals surface area contributed by atoms with Crippen LogP contribution in [0.15, 0.2) is 36.5 Å². The van der Waals surface area contributed by atoms with Gasteiger partial charge in [0, 0.05) is 11.6 Å². The molecule has 0 radical (unpaired) electrons. The highest BCUT2D eigenvalue weighted by atomic mass is 14.6. The van der Waals surface area contributed by atoms with Crippen LogP contribution in [0.3, 0.4) is 0 Å². The molecule has 1 heterocycles. The molecule has 0 saturated carbocycles. The molecule has 0 aliphatic rings. The van der Waals surface area contributed by atoms with Crippen LogP contribution in [-0.4, -0.2) is 4.98 Å². The Hall–Kier alpha value is -1.37. The first-order valence-corrected chi connectivity index (χ1v) is 6.30. The lowest BCUT2D eigenvalue weighted by Crippen LogP contribution is -2.09. The van der Waals surface area contributed by atoms with Crippen LogP contribution in [0.2, 0.25) is 0 Å². The fourth-order valence-electron chi connectivity index (χ4n) is 2.43. The predicted octanol–water partition coefficient (Wildman–Crippen LogP) is 4.77. The molecule has 0 fully saturated rings. The van der Waals surface area contributed by atoms with Crippen molar-refractivity contribution in [1.82, 2.24) is 4.98 Å². The van der Waals surface area contributed by atoms with Gasteiger partial charge in [-0.15, -0.1) is 0 Å². The van der Waals surface area contributed by atoms with Crippen LogP contribution >= 0.6 is 0 Å². The summed E-state index contributed by atoms with van der Waals surface area (Å²) in [5, 5.41) is 1.22. The fraction of sp³-hybridized carbons (Fsp3) is 0.438. The van der Waals surface area contributed by atoms with E-state index in [1.807, 2.05) is 12.3 Å². The number of pyridine rings is 1. The van der Waals surface area contributed by atoms with Gasteiger partial charge in [-0.3, -0.25) is 4.98 Å². The van der Waals surface area contributed by atoms with Crippen molar-refractivity contribution in [2.75, 3.05) is 0 Å². The second kappa shape index (κ2) is 4.48. The molecule has 1 heteroatoms. The average Bonchev–Trinajstić information content (AvgIpc) is 2.26. The SMILES string of the molecule is CC(CC(C)(C)C)c1ccc2cccnc2c1. The Kier molecular flexibility index (Phi) is 3.19. The van der Waals surface area contributed by atoms with Gasteiger partial charge in [0.15, 0.2) is 0 Å². The summed E-state index contributed by atoms with van der Waals surface area (Å²) in [5.74, 6) is 0.585. The molecule has 0 aliphatic heterocycles. The number of benzene rings is 1. The van der Waals surface area contributed by atoms with E-state index in [4.69, 9.17) is 0 Å². The minimum atomic E-state index is 0.374. The number of nitrogens with zero attached hydrogens (tertiary/aromatic N) is 1. The zero-order chi connectivity index (χ0) is 12.5. The van der Waals surface area contributed by atoms with Crippen molar-refractivity contribution < 1.29 is 0 Å². The molecule has 2 rings (SSSR count). The Bertz CT molecular complexity index is 508. The molecule has 1 nitrogen and oxygen atoms in total.